The van der Waals surface area contributed by atoms with Gasteiger partial charge in [0.15, 0.2) is 30.9 Å². The maximum Gasteiger partial charge on any atom is 0.187 e. The third-order valence-electron chi connectivity index (χ3n) is 20.2. The van der Waals surface area contributed by atoms with Gasteiger partial charge in [0, 0.05) is 30.3 Å². The normalized spacial score (nSPS) is 56.9. The fourth-order valence-electron chi connectivity index (χ4n) is 15.5. The minimum atomic E-state index is -1.97. The topological polar surface area (TPSA) is 376 Å². The van der Waals surface area contributed by atoms with Crippen molar-refractivity contribution in [2.24, 2.45) is 40.4 Å². The largest absolute Gasteiger partial charge is 0.396 e. The Morgan fingerprint density at radius 1 is 0.573 bits per heavy atom. The second-order valence-corrected chi connectivity index (χ2v) is 23.9. The highest BCUT2D eigenvalue weighted by Gasteiger charge is 2.76. The Labute approximate surface area is 434 Å². The first-order valence-corrected chi connectivity index (χ1v) is 27.1. The molecule has 0 aromatic rings. The van der Waals surface area contributed by atoms with Crippen molar-refractivity contribution >= 4 is 0 Å². The molecule has 75 heavy (non-hydrogen) atoms. The molecule has 0 aromatic heterocycles. The summed E-state index contributed by atoms with van der Waals surface area (Å²) in [6.45, 7) is 6.00. The molecule has 0 bridgehead atoms. The van der Waals surface area contributed by atoms with Crippen LogP contribution in [0, 0.1) is 40.4 Å². The molecule has 9 fully saturated rings. The Kier molecular flexibility index (Phi) is 16.4. The molecule has 6 heterocycles. The van der Waals surface area contributed by atoms with Crippen molar-refractivity contribution < 1.29 is 119 Å². The number of aliphatic hydroxyl groups is 14. The van der Waals surface area contributed by atoms with Crippen molar-refractivity contribution in [2.75, 3.05) is 33.0 Å². The Bertz CT molecular complexity index is 1990. The molecule has 10 rings (SSSR count). The van der Waals surface area contributed by atoms with E-state index in [0.29, 0.717) is 31.8 Å². The standard InChI is InChI=1S/C51H82O24/c1-20-32(56)35(59)38(62)44(67-20)74-43-40(64)41(72-47-42(37(61)34(58)29(17-54)70-47)73-45-39(63)36(60)33(57)28(16-53)69-45)30(18-55)71-46(43)68-24-8-10-48(3)23(13-24)5-6-25-26(48)9-11-49(4)27(25)14-31-51(49,65)21(2)50(75-31)12-7-22(15-52)19-66-50/h5,20-22,24-47,52-65H,6-19H2,1-4H3. The maximum atomic E-state index is 12.9. The summed E-state index contributed by atoms with van der Waals surface area (Å²) in [4.78, 5) is 0. The lowest BCUT2D eigenvalue weighted by Crippen LogP contribution is -2.68. The van der Waals surface area contributed by atoms with E-state index in [1.165, 1.54) is 12.5 Å². The zero-order valence-corrected chi connectivity index (χ0v) is 42.9. The van der Waals surface area contributed by atoms with Crippen molar-refractivity contribution in [3.8, 4) is 0 Å². The van der Waals surface area contributed by atoms with Gasteiger partial charge in [-0.15, -0.1) is 0 Å². The maximum absolute atomic E-state index is 12.9. The number of allylic oxidation sites excluding steroid dienone is 1. The fraction of sp³-hybridized carbons (Fsp3) is 0.961. The number of hydrogen-bond acceptors (Lipinski definition) is 24. The average Bonchev–Trinajstić information content (AvgIpc) is 3.86. The summed E-state index contributed by atoms with van der Waals surface area (Å²) < 4.78 is 61.7. The second-order valence-electron chi connectivity index (χ2n) is 23.9. The molecule has 24 heteroatoms. The van der Waals surface area contributed by atoms with Gasteiger partial charge in [-0.1, -0.05) is 32.4 Å². The molecule has 31 atom stereocenters. The lowest BCUT2D eigenvalue weighted by molar-refractivity contribution is -0.401. The third-order valence-corrected chi connectivity index (χ3v) is 20.2. The zero-order chi connectivity index (χ0) is 53.8. The molecule has 24 nitrogen and oxygen atoms in total. The number of hydrogen-bond donors (Lipinski definition) is 14. The summed E-state index contributed by atoms with van der Waals surface area (Å²) in [6, 6.07) is 0. The first kappa shape index (κ1) is 57.0. The van der Waals surface area contributed by atoms with Crippen LogP contribution in [0.15, 0.2) is 11.6 Å². The van der Waals surface area contributed by atoms with E-state index >= 15 is 0 Å². The Morgan fingerprint density at radius 3 is 1.80 bits per heavy atom. The van der Waals surface area contributed by atoms with Crippen LogP contribution in [-0.4, -0.2) is 251 Å². The first-order valence-electron chi connectivity index (χ1n) is 27.1. The molecule has 430 valence electrons. The molecule has 6 aliphatic heterocycles. The van der Waals surface area contributed by atoms with Crippen LogP contribution in [-0.2, 0) is 47.4 Å². The van der Waals surface area contributed by atoms with E-state index in [-0.39, 0.29) is 41.8 Å². The van der Waals surface area contributed by atoms with E-state index in [1.807, 2.05) is 0 Å². The van der Waals surface area contributed by atoms with Crippen LogP contribution in [0.2, 0.25) is 0 Å². The van der Waals surface area contributed by atoms with Crippen molar-refractivity contribution in [2.45, 2.75) is 232 Å². The number of fused-ring (bicyclic) bond motifs is 7. The number of rotatable bonds is 12. The highest BCUT2D eigenvalue weighted by Crippen LogP contribution is 2.72. The molecular weight excluding hydrogens is 997 g/mol. The summed E-state index contributed by atoms with van der Waals surface area (Å²) >= 11 is 0. The van der Waals surface area contributed by atoms with E-state index < -0.39 is 166 Å². The molecule has 1 spiro atoms. The van der Waals surface area contributed by atoms with Crippen LogP contribution in [0.5, 0.6) is 0 Å². The molecule has 14 N–H and O–H groups in total. The van der Waals surface area contributed by atoms with Gasteiger partial charge in [0.1, 0.15) is 97.2 Å². The summed E-state index contributed by atoms with van der Waals surface area (Å²) in [5.41, 5.74) is -0.517. The summed E-state index contributed by atoms with van der Waals surface area (Å²) in [7, 11) is 0. The highest BCUT2D eigenvalue weighted by molar-refractivity contribution is 5.29. The molecule has 0 aromatic carbocycles. The van der Waals surface area contributed by atoms with Crippen LogP contribution >= 0.6 is 0 Å². The smallest absolute Gasteiger partial charge is 0.187 e. The summed E-state index contributed by atoms with van der Waals surface area (Å²) in [6.07, 6.45) is -26.4. The van der Waals surface area contributed by atoms with Crippen LogP contribution in [0.4, 0.5) is 0 Å². The van der Waals surface area contributed by atoms with Gasteiger partial charge in [-0.3, -0.25) is 0 Å². The van der Waals surface area contributed by atoms with Gasteiger partial charge in [-0.05, 0) is 81.5 Å². The van der Waals surface area contributed by atoms with Crippen molar-refractivity contribution in [1.82, 2.24) is 0 Å². The van der Waals surface area contributed by atoms with E-state index in [9.17, 15) is 71.5 Å². The first-order chi connectivity index (χ1) is 35.6. The highest BCUT2D eigenvalue weighted by atomic mass is 16.8. The average molecular weight is 1080 g/mol. The molecule has 3 saturated carbocycles. The Balaban J connectivity index is 0.875. The van der Waals surface area contributed by atoms with Gasteiger partial charge in [0.25, 0.3) is 0 Å². The van der Waals surface area contributed by atoms with Gasteiger partial charge < -0.3 is 119 Å². The van der Waals surface area contributed by atoms with E-state index in [0.717, 1.165) is 38.5 Å². The number of aliphatic hydroxyl groups excluding tert-OH is 13. The predicted molar refractivity (Wildman–Crippen MR) is 250 cm³/mol. The quantitative estimate of drug-likeness (QED) is 0.0832. The minimum absolute atomic E-state index is 0.0534. The molecule has 6 saturated heterocycles. The Hall–Kier alpha value is -1.22. The molecule has 4 aliphatic carbocycles. The van der Waals surface area contributed by atoms with Crippen LogP contribution in [0.25, 0.3) is 0 Å². The van der Waals surface area contributed by atoms with Crippen molar-refractivity contribution in [3.63, 3.8) is 0 Å². The van der Waals surface area contributed by atoms with E-state index in [4.69, 9.17) is 47.4 Å². The lowest BCUT2D eigenvalue weighted by atomic mass is 9.46. The van der Waals surface area contributed by atoms with Crippen LogP contribution in [0.1, 0.15) is 85.5 Å². The van der Waals surface area contributed by atoms with E-state index in [2.05, 4.69) is 26.8 Å². The van der Waals surface area contributed by atoms with Crippen molar-refractivity contribution in [1.29, 1.82) is 0 Å². The fourth-order valence-corrected chi connectivity index (χ4v) is 15.5. The van der Waals surface area contributed by atoms with Gasteiger partial charge in [-0.25, -0.2) is 0 Å². The molecular formula is C51H82O24. The van der Waals surface area contributed by atoms with Crippen LogP contribution in [0.3, 0.4) is 0 Å². The molecule has 31 unspecified atom stereocenters. The molecule has 10 aliphatic rings. The molecule has 0 radical (unpaired) electrons. The van der Waals surface area contributed by atoms with Crippen LogP contribution < -0.4 is 0 Å². The van der Waals surface area contributed by atoms with Gasteiger partial charge in [0.05, 0.1) is 44.7 Å². The second kappa shape index (κ2) is 21.6. The van der Waals surface area contributed by atoms with Crippen molar-refractivity contribution in [3.05, 3.63) is 11.6 Å². The van der Waals surface area contributed by atoms with Gasteiger partial charge >= 0.3 is 0 Å². The minimum Gasteiger partial charge on any atom is -0.396 e. The number of ether oxygens (including phenoxy) is 10. The zero-order valence-electron chi connectivity index (χ0n) is 42.9. The van der Waals surface area contributed by atoms with E-state index in [1.54, 1.807) is 0 Å². The molecule has 0 amide bonds. The monoisotopic (exact) mass is 1080 g/mol. The SMILES string of the molecule is CC1OC(OC2C(OC3CCC4(C)C(=CCC5C4CCC4(C)C5CC5OC6(CCC(CO)CO6)C(C)C54O)C3)OC(CO)C(OC3OC(CO)C(O)C(O)C3OC3OC(CO)C(O)C(O)C3O)C2O)C(O)C(O)C1O. The summed E-state index contributed by atoms with van der Waals surface area (Å²) in [5, 5.41) is 152. The Morgan fingerprint density at radius 2 is 1.16 bits per heavy atom. The van der Waals surface area contributed by atoms with Gasteiger partial charge in [0.2, 0.25) is 0 Å². The predicted octanol–water partition coefficient (Wildman–Crippen LogP) is -3.87. The third kappa shape index (κ3) is 9.32. The lowest BCUT2D eigenvalue weighted by Gasteiger charge is -2.60. The van der Waals surface area contributed by atoms with Gasteiger partial charge in [-0.2, -0.15) is 0 Å². The summed E-state index contributed by atoms with van der Waals surface area (Å²) in [5.74, 6) is -0.305.